The van der Waals surface area contributed by atoms with Crippen LogP contribution in [0.25, 0.3) is 0 Å². The van der Waals surface area contributed by atoms with Crippen molar-refractivity contribution in [3.8, 4) is 0 Å². The zero-order valence-corrected chi connectivity index (χ0v) is 9.72. The first-order chi connectivity index (χ1) is 6.95. The van der Waals surface area contributed by atoms with E-state index in [1.165, 1.54) is 15.3 Å². The summed E-state index contributed by atoms with van der Waals surface area (Å²) >= 11 is 5.76. The third-order valence-electron chi connectivity index (χ3n) is 1.66. The van der Waals surface area contributed by atoms with Crippen LogP contribution in [0, 0.1) is 0 Å². The van der Waals surface area contributed by atoms with Crippen LogP contribution in [0.15, 0.2) is 12.3 Å². The molecule has 0 aliphatic rings. The molecule has 0 fully saturated rings. The van der Waals surface area contributed by atoms with E-state index in [2.05, 4.69) is 10.3 Å². The van der Waals surface area contributed by atoms with Gasteiger partial charge in [-0.3, -0.25) is 0 Å². The molecule has 0 bridgehead atoms. The van der Waals surface area contributed by atoms with Gasteiger partial charge < -0.3 is 11.1 Å². The summed E-state index contributed by atoms with van der Waals surface area (Å²) in [6.45, 7) is 0.906. The Kier molecular flexibility index (Phi) is 4.20. The summed E-state index contributed by atoms with van der Waals surface area (Å²) in [5.41, 5.74) is 2.02. The standard InChI is InChI=1S/C8H11ClF2N3P/c9-6-3-5(8(10,11)15)4-14-7(6)13-2-1-12/h3-4H,1-2,12,15H2,(H,13,14). The summed E-state index contributed by atoms with van der Waals surface area (Å²) in [5.74, 6) is 0.361. The topological polar surface area (TPSA) is 50.9 Å². The van der Waals surface area contributed by atoms with E-state index in [0.29, 0.717) is 18.9 Å². The average molecular weight is 254 g/mol. The molecule has 1 rings (SSSR count). The third kappa shape index (κ3) is 3.52. The fourth-order valence-corrected chi connectivity index (χ4v) is 1.33. The maximum atomic E-state index is 12.8. The van der Waals surface area contributed by atoms with E-state index in [1.807, 2.05) is 0 Å². The lowest BCUT2D eigenvalue weighted by Crippen LogP contribution is -2.14. The van der Waals surface area contributed by atoms with Crippen molar-refractivity contribution in [1.29, 1.82) is 0 Å². The fraction of sp³-hybridized carbons (Fsp3) is 0.375. The number of nitrogens with two attached hydrogens (primary N) is 1. The number of hydrogen-bond donors (Lipinski definition) is 2. The van der Waals surface area contributed by atoms with Gasteiger partial charge in [0.25, 0.3) is 5.66 Å². The van der Waals surface area contributed by atoms with E-state index >= 15 is 0 Å². The highest BCUT2D eigenvalue weighted by Gasteiger charge is 2.25. The Labute approximate surface area is 93.6 Å². The van der Waals surface area contributed by atoms with Crippen LogP contribution in [0.3, 0.4) is 0 Å². The largest absolute Gasteiger partial charge is 0.368 e. The number of nitrogens with zero attached hydrogens (tertiary/aromatic N) is 1. The second-order valence-corrected chi connectivity index (χ2v) is 4.03. The molecule has 0 aliphatic carbocycles. The Balaban J connectivity index is 2.88. The van der Waals surface area contributed by atoms with Gasteiger partial charge in [0.05, 0.1) is 5.02 Å². The summed E-state index contributed by atoms with van der Waals surface area (Å²) in [7, 11) is 1.43. The molecule has 1 aromatic rings. The highest BCUT2D eigenvalue weighted by Crippen LogP contribution is 2.36. The predicted molar refractivity (Wildman–Crippen MR) is 60.4 cm³/mol. The Morgan fingerprint density at radius 3 is 2.73 bits per heavy atom. The van der Waals surface area contributed by atoms with Crippen molar-refractivity contribution in [2.24, 2.45) is 5.73 Å². The van der Waals surface area contributed by atoms with E-state index < -0.39 is 5.66 Å². The lowest BCUT2D eigenvalue weighted by atomic mass is 10.3. The normalized spacial score (nSPS) is 11.5. The minimum absolute atomic E-state index is 0.156. The van der Waals surface area contributed by atoms with Gasteiger partial charge in [-0.05, 0) is 6.07 Å². The van der Waals surface area contributed by atoms with Crippen LogP contribution < -0.4 is 11.1 Å². The number of halogens is 3. The van der Waals surface area contributed by atoms with Crippen LogP contribution in [0.1, 0.15) is 5.56 Å². The molecule has 1 aromatic heterocycles. The summed E-state index contributed by atoms with van der Waals surface area (Å²) in [5, 5.41) is 2.98. The molecule has 3 nitrogen and oxygen atoms in total. The third-order valence-corrected chi connectivity index (χ3v) is 2.28. The van der Waals surface area contributed by atoms with Crippen molar-refractivity contribution >= 4 is 26.7 Å². The van der Waals surface area contributed by atoms with E-state index in [9.17, 15) is 8.78 Å². The van der Waals surface area contributed by atoms with Gasteiger partial charge in [-0.25, -0.2) is 4.98 Å². The smallest absolute Gasteiger partial charge is 0.285 e. The van der Waals surface area contributed by atoms with E-state index in [1.54, 1.807) is 0 Å². The monoisotopic (exact) mass is 253 g/mol. The summed E-state index contributed by atoms with van der Waals surface area (Å²) in [6.07, 6.45) is 1.08. The van der Waals surface area contributed by atoms with Gasteiger partial charge in [-0.2, -0.15) is 8.78 Å². The molecule has 1 heterocycles. The summed E-state index contributed by atoms with van der Waals surface area (Å²) < 4.78 is 25.7. The Hall–Kier alpha value is -0.510. The molecule has 0 saturated carbocycles. The van der Waals surface area contributed by atoms with Gasteiger partial charge >= 0.3 is 0 Å². The van der Waals surface area contributed by atoms with Crippen LogP contribution in [0.2, 0.25) is 5.02 Å². The number of alkyl halides is 2. The van der Waals surface area contributed by atoms with Crippen LogP contribution in [0.5, 0.6) is 0 Å². The Morgan fingerprint density at radius 1 is 1.60 bits per heavy atom. The van der Waals surface area contributed by atoms with Crippen molar-refractivity contribution in [3.05, 3.63) is 22.8 Å². The lowest BCUT2D eigenvalue weighted by Gasteiger charge is -2.12. The molecule has 1 unspecified atom stereocenters. The van der Waals surface area contributed by atoms with Crippen molar-refractivity contribution < 1.29 is 8.78 Å². The van der Waals surface area contributed by atoms with E-state index in [4.69, 9.17) is 17.3 Å². The lowest BCUT2D eigenvalue weighted by molar-refractivity contribution is 0.103. The van der Waals surface area contributed by atoms with Gasteiger partial charge in [0.15, 0.2) is 0 Å². The van der Waals surface area contributed by atoms with Crippen LogP contribution in [-0.4, -0.2) is 18.1 Å². The Bertz CT molecular complexity index is 343. The van der Waals surface area contributed by atoms with Gasteiger partial charge in [0.2, 0.25) is 0 Å². The molecule has 0 radical (unpaired) electrons. The summed E-state index contributed by atoms with van der Waals surface area (Å²) in [4.78, 5) is 3.79. The van der Waals surface area contributed by atoms with Gasteiger partial charge in [0, 0.05) is 24.8 Å². The van der Waals surface area contributed by atoms with E-state index in [0.717, 1.165) is 6.20 Å². The average Bonchev–Trinajstić information content (AvgIpc) is 2.14. The first kappa shape index (κ1) is 12.6. The maximum absolute atomic E-state index is 12.8. The van der Waals surface area contributed by atoms with E-state index in [-0.39, 0.29) is 10.6 Å². The second kappa shape index (κ2) is 5.01. The molecule has 84 valence electrons. The molecule has 0 aromatic carbocycles. The fourth-order valence-electron chi connectivity index (χ4n) is 0.941. The van der Waals surface area contributed by atoms with Gasteiger partial charge in [0.1, 0.15) is 5.82 Å². The number of nitrogens with one attached hydrogen (secondary N) is 1. The minimum atomic E-state index is -3.01. The number of aromatic nitrogens is 1. The molecule has 15 heavy (non-hydrogen) atoms. The van der Waals surface area contributed by atoms with Gasteiger partial charge in [-0.15, -0.1) is 0 Å². The first-order valence-corrected chi connectivity index (χ1v) is 5.17. The van der Waals surface area contributed by atoms with Crippen molar-refractivity contribution in [1.82, 2.24) is 4.98 Å². The quantitative estimate of drug-likeness (QED) is 0.808. The molecule has 0 amide bonds. The van der Waals surface area contributed by atoms with Gasteiger partial charge in [-0.1, -0.05) is 20.8 Å². The first-order valence-electron chi connectivity index (χ1n) is 4.22. The highest BCUT2D eigenvalue weighted by atomic mass is 35.5. The minimum Gasteiger partial charge on any atom is -0.368 e. The number of hydrogen-bond acceptors (Lipinski definition) is 3. The summed E-state index contributed by atoms with van der Waals surface area (Å²) in [6, 6.07) is 1.18. The zero-order valence-electron chi connectivity index (χ0n) is 7.80. The molecule has 0 aliphatic heterocycles. The molecule has 0 spiro atoms. The molecule has 0 saturated heterocycles. The molecular weight excluding hydrogens is 243 g/mol. The zero-order chi connectivity index (χ0) is 11.5. The van der Waals surface area contributed by atoms with Crippen LogP contribution in [-0.2, 0) is 5.66 Å². The van der Waals surface area contributed by atoms with Crippen LogP contribution >= 0.6 is 20.8 Å². The predicted octanol–water partition coefficient (Wildman–Crippen LogP) is 2.03. The molecular formula is C8H11ClF2N3P. The number of rotatable bonds is 4. The molecule has 7 heteroatoms. The van der Waals surface area contributed by atoms with Crippen molar-refractivity contribution in [2.45, 2.75) is 5.66 Å². The van der Waals surface area contributed by atoms with Crippen molar-refractivity contribution in [3.63, 3.8) is 0 Å². The number of pyridine rings is 1. The number of anilines is 1. The van der Waals surface area contributed by atoms with Crippen molar-refractivity contribution in [2.75, 3.05) is 18.4 Å². The van der Waals surface area contributed by atoms with Crippen LogP contribution in [0.4, 0.5) is 14.6 Å². The molecule has 1 atom stereocenters. The maximum Gasteiger partial charge on any atom is 0.285 e. The Morgan fingerprint density at radius 2 is 2.27 bits per heavy atom. The highest BCUT2D eigenvalue weighted by molar-refractivity contribution is 7.17. The second-order valence-electron chi connectivity index (χ2n) is 2.89. The SMILES string of the molecule is NCCNc1ncc(C(F)(F)P)cc1Cl. The molecule has 3 N–H and O–H groups in total.